The molecular weight excluding hydrogens is 254 g/mol. The number of nitrogens with zero attached hydrogens (tertiary/aromatic N) is 2. The van der Waals surface area contributed by atoms with Gasteiger partial charge >= 0.3 is 0 Å². The van der Waals surface area contributed by atoms with Crippen LogP contribution in [-0.2, 0) is 9.63 Å². The number of oxime groups is 1. The molecule has 0 bridgehead atoms. The maximum absolute atomic E-state index is 12.2. The lowest BCUT2D eigenvalue weighted by atomic mass is 10.0. The fourth-order valence-corrected chi connectivity index (χ4v) is 3.02. The van der Waals surface area contributed by atoms with E-state index in [0.29, 0.717) is 12.0 Å². The largest absolute Gasteiger partial charge is 0.391 e. The Bertz CT molecular complexity index is 404. The van der Waals surface area contributed by atoms with Crippen molar-refractivity contribution in [3.8, 4) is 0 Å². The van der Waals surface area contributed by atoms with Gasteiger partial charge in [-0.25, -0.2) is 0 Å². The lowest BCUT2D eigenvalue weighted by Gasteiger charge is -2.25. The summed E-state index contributed by atoms with van der Waals surface area (Å²) >= 11 is 0. The lowest BCUT2D eigenvalue weighted by Crippen LogP contribution is -2.46. The van der Waals surface area contributed by atoms with Crippen molar-refractivity contribution in [3.63, 3.8) is 0 Å². The molecule has 1 aliphatic carbocycles. The second kappa shape index (κ2) is 5.72. The van der Waals surface area contributed by atoms with Gasteiger partial charge < -0.3 is 10.2 Å². The van der Waals surface area contributed by atoms with Crippen LogP contribution in [0.5, 0.6) is 0 Å². The molecule has 5 heteroatoms. The number of hydrogen-bond acceptors (Lipinski definition) is 4. The van der Waals surface area contributed by atoms with Crippen LogP contribution in [0.2, 0.25) is 0 Å². The third kappa shape index (κ3) is 3.14. The van der Waals surface area contributed by atoms with E-state index in [1.807, 2.05) is 0 Å². The Balaban J connectivity index is 1.50. The lowest BCUT2D eigenvalue weighted by molar-refractivity contribution is -0.126. The molecule has 1 saturated heterocycles. The molecule has 20 heavy (non-hydrogen) atoms. The normalized spacial score (nSPS) is 30.4. The van der Waals surface area contributed by atoms with Crippen molar-refractivity contribution >= 4 is 11.6 Å². The molecule has 0 aromatic heterocycles. The third-order valence-electron chi connectivity index (χ3n) is 4.45. The van der Waals surface area contributed by atoms with Gasteiger partial charge in [0.15, 0.2) is 0 Å². The number of amides is 1. The predicted molar refractivity (Wildman–Crippen MR) is 77.5 cm³/mol. The summed E-state index contributed by atoms with van der Waals surface area (Å²) in [5.41, 5.74) is 1.15. The summed E-state index contributed by atoms with van der Waals surface area (Å²) in [6.07, 6.45) is 5.41. The Hall–Kier alpha value is -1.10. The Morgan fingerprint density at radius 3 is 2.90 bits per heavy atom. The van der Waals surface area contributed by atoms with E-state index in [1.54, 1.807) is 0 Å². The number of likely N-dealkylation sites (tertiary alicyclic amines) is 1. The van der Waals surface area contributed by atoms with E-state index >= 15 is 0 Å². The van der Waals surface area contributed by atoms with E-state index in [2.05, 4.69) is 29.2 Å². The number of carbonyl (C=O) groups is 1. The molecule has 0 radical (unpaired) electrons. The molecule has 2 aliphatic heterocycles. The smallest absolute Gasteiger partial charge is 0.237 e. The topological polar surface area (TPSA) is 53.9 Å². The average Bonchev–Trinajstić information content (AvgIpc) is 2.93. The zero-order valence-electron chi connectivity index (χ0n) is 12.5. The highest BCUT2D eigenvalue weighted by Gasteiger charge is 2.36. The first-order valence-electron chi connectivity index (χ1n) is 7.90. The summed E-state index contributed by atoms with van der Waals surface area (Å²) in [4.78, 5) is 20.0. The molecule has 2 fully saturated rings. The molecule has 0 aromatic rings. The molecule has 0 unspecified atom stereocenters. The van der Waals surface area contributed by atoms with Gasteiger partial charge in [-0.1, -0.05) is 19.0 Å². The summed E-state index contributed by atoms with van der Waals surface area (Å²) in [6, 6.07) is 0.492. The second-order valence-electron chi connectivity index (χ2n) is 6.60. The molecule has 3 rings (SSSR count). The van der Waals surface area contributed by atoms with Gasteiger partial charge in [-0.2, -0.15) is 0 Å². The summed E-state index contributed by atoms with van der Waals surface area (Å²) in [6.45, 7) is 6.11. The van der Waals surface area contributed by atoms with E-state index in [-0.39, 0.29) is 18.1 Å². The fraction of sp³-hybridized carbons (Fsp3) is 0.867. The van der Waals surface area contributed by atoms with E-state index < -0.39 is 0 Å². The van der Waals surface area contributed by atoms with Crippen molar-refractivity contribution in [2.45, 2.75) is 64.1 Å². The van der Waals surface area contributed by atoms with Gasteiger partial charge in [-0.15, -0.1) is 0 Å². The monoisotopic (exact) mass is 279 g/mol. The summed E-state index contributed by atoms with van der Waals surface area (Å²) in [5.74, 6) is 0.667. The van der Waals surface area contributed by atoms with Crippen molar-refractivity contribution in [1.82, 2.24) is 10.2 Å². The number of rotatable bonds is 5. The Morgan fingerprint density at radius 2 is 2.25 bits per heavy atom. The van der Waals surface area contributed by atoms with Gasteiger partial charge in [0.25, 0.3) is 0 Å². The first-order chi connectivity index (χ1) is 9.63. The minimum Gasteiger partial charge on any atom is -0.391 e. The van der Waals surface area contributed by atoms with Crippen LogP contribution in [0.3, 0.4) is 0 Å². The molecule has 3 aliphatic rings. The van der Waals surface area contributed by atoms with Crippen molar-refractivity contribution in [2.24, 2.45) is 11.1 Å². The standard InChI is InChI=1S/C15H25N3O2/c1-10(2)13-8-12(20-17-13)9-18-7-3-4-14(18)15(19)16-11-5-6-11/h10-12,14H,3-9H2,1-2H3,(H,16,19)/t12-,14-/m0/s1. The zero-order valence-corrected chi connectivity index (χ0v) is 12.5. The first kappa shape index (κ1) is 13.9. The van der Waals surface area contributed by atoms with Gasteiger partial charge in [-0.05, 0) is 38.1 Å². The number of nitrogens with one attached hydrogen (secondary N) is 1. The third-order valence-corrected chi connectivity index (χ3v) is 4.45. The van der Waals surface area contributed by atoms with Crippen LogP contribution in [0.25, 0.3) is 0 Å². The van der Waals surface area contributed by atoms with Gasteiger partial charge in [0.05, 0.1) is 11.8 Å². The van der Waals surface area contributed by atoms with E-state index in [4.69, 9.17) is 4.84 Å². The molecule has 112 valence electrons. The van der Waals surface area contributed by atoms with E-state index in [1.165, 1.54) is 0 Å². The Labute approximate surface area is 120 Å². The summed E-state index contributed by atoms with van der Waals surface area (Å²) in [7, 11) is 0. The van der Waals surface area contributed by atoms with Crippen LogP contribution < -0.4 is 5.32 Å². The number of hydrogen-bond donors (Lipinski definition) is 1. The van der Waals surface area contributed by atoms with Crippen LogP contribution in [0.1, 0.15) is 46.0 Å². The van der Waals surface area contributed by atoms with Crippen molar-refractivity contribution in [2.75, 3.05) is 13.1 Å². The highest BCUT2D eigenvalue weighted by atomic mass is 16.6. The Morgan fingerprint density at radius 1 is 1.45 bits per heavy atom. The molecule has 5 nitrogen and oxygen atoms in total. The second-order valence-corrected chi connectivity index (χ2v) is 6.60. The maximum Gasteiger partial charge on any atom is 0.237 e. The molecule has 2 atom stereocenters. The zero-order chi connectivity index (χ0) is 14.1. The van der Waals surface area contributed by atoms with Crippen LogP contribution in [0, 0.1) is 5.92 Å². The molecule has 1 N–H and O–H groups in total. The Kier molecular flexibility index (Phi) is 3.96. The minimum absolute atomic E-state index is 0.0438. The summed E-state index contributed by atoms with van der Waals surface area (Å²) in [5, 5.41) is 7.30. The summed E-state index contributed by atoms with van der Waals surface area (Å²) < 4.78 is 0. The average molecular weight is 279 g/mol. The number of carbonyl (C=O) groups excluding carboxylic acids is 1. The SMILES string of the molecule is CC(C)C1=NO[C@H](CN2CCC[C@H]2C(=O)NC2CC2)C1. The van der Waals surface area contributed by atoms with Gasteiger partial charge in [0, 0.05) is 19.0 Å². The molecule has 1 amide bonds. The molecule has 0 aromatic carbocycles. The van der Waals surface area contributed by atoms with Crippen LogP contribution in [-0.4, -0.2) is 47.8 Å². The van der Waals surface area contributed by atoms with Crippen LogP contribution >= 0.6 is 0 Å². The molecular formula is C15H25N3O2. The van der Waals surface area contributed by atoms with Gasteiger partial charge in [-0.3, -0.25) is 9.69 Å². The fourth-order valence-electron chi connectivity index (χ4n) is 3.02. The van der Waals surface area contributed by atoms with Crippen molar-refractivity contribution < 1.29 is 9.63 Å². The van der Waals surface area contributed by atoms with Crippen LogP contribution in [0.15, 0.2) is 5.16 Å². The highest BCUT2D eigenvalue weighted by Crippen LogP contribution is 2.24. The molecule has 0 spiro atoms. The minimum atomic E-state index is 0.0438. The van der Waals surface area contributed by atoms with Gasteiger partial charge in [0.1, 0.15) is 6.10 Å². The van der Waals surface area contributed by atoms with Crippen molar-refractivity contribution in [1.29, 1.82) is 0 Å². The van der Waals surface area contributed by atoms with Gasteiger partial charge in [0.2, 0.25) is 5.91 Å². The van der Waals surface area contributed by atoms with E-state index in [9.17, 15) is 4.79 Å². The van der Waals surface area contributed by atoms with Crippen molar-refractivity contribution in [3.05, 3.63) is 0 Å². The van der Waals surface area contributed by atoms with Crippen LogP contribution in [0.4, 0.5) is 0 Å². The highest BCUT2D eigenvalue weighted by molar-refractivity contribution is 5.87. The quantitative estimate of drug-likeness (QED) is 0.830. The van der Waals surface area contributed by atoms with E-state index in [0.717, 1.165) is 50.9 Å². The first-order valence-corrected chi connectivity index (χ1v) is 7.90. The molecule has 1 saturated carbocycles. The maximum atomic E-state index is 12.2. The molecule has 2 heterocycles. The predicted octanol–water partition coefficient (Wildman–Crippen LogP) is 1.53.